The van der Waals surface area contributed by atoms with Gasteiger partial charge < -0.3 is 10.2 Å². The third kappa shape index (κ3) is 5.34. The van der Waals surface area contributed by atoms with E-state index in [0.717, 1.165) is 42.7 Å². The van der Waals surface area contributed by atoms with Crippen LogP contribution < -0.4 is 5.32 Å². The van der Waals surface area contributed by atoms with Gasteiger partial charge in [-0.3, -0.25) is 4.99 Å². The lowest BCUT2D eigenvalue weighted by Crippen LogP contribution is -2.38. The first-order valence-corrected chi connectivity index (χ1v) is 9.29. The molecule has 1 N–H and O–H groups in total. The van der Waals surface area contributed by atoms with Crippen LogP contribution in [0.15, 0.2) is 29.3 Å². The molecule has 0 amide bonds. The fourth-order valence-electron chi connectivity index (χ4n) is 2.58. The molecule has 0 aliphatic rings. The van der Waals surface area contributed by atoms with Gasteiger partial charge in [-0.1, -0.05) is 29.8 Å². The van der Waals surface area contributed by atoms with Crippen LogP contribution in [-0.4, -0.2) is 36.0 Å². The monoisotopic (exact) mass is 344 g/mol. The maximum absolute atomic E-state index is 4.78. The summed E-state index contributed by atoms with van der Waals surface area (Å²) in [5, 5.41) is 4.52. The summed E-state index contributed by atoms with van der Waals surface area (Å²) in [6.45, 7) is 10.9. The maximum atomic E-state index is 4.78. The molecule has 1 aromatic heterocycles. The highest BCUT2D eigenvalue weighted by atomic mass is 32.1. The number of guanidine groups is 1. The van der Waals surface area contributed by atoms with Crippen molar-refractivity contribution in [3.8, 4) is 0 Å². The van der Waals surface area contributed by atoms with Gasteiger partial charge in [0, 0.05) is 38.0 Å². The number of hydrogen-bond donors (Lipinski definition) is 1. The summed E-state index contributed by atoms with van der Waals surface area (Å²) in [4.78, 5) is 12.8. The molecule has 4 nitrogen and oxygen atoms in total. The molecule has 24 heavy (non-hydrogen) atoms. The number of benzene rings is 1. The molecule has 0 aliphatic heterocycles. The molecule has 1 heterocycles. The topological polar surface area (TPSA) is 40.5 Å². The average molecular weight is 345 g/mol. The number of aliphatic imine (C=N–C) groups is 1. The van der Waals surface area contributed by atoms with Crippen LogP contribution in [0.5, 0.6) is 0 Å². The van der Waals surface area contributed by atoms with Crippen molar-refractivity contribution in [1.29, 1.82) is 0 Å². The van der Waals surface area contributed by atoms with E-state index in [1.807, 2.05) is 0 Å². The Morgan fingerprint density at radius 3 is 2.50 bits per heavy atom. The van der Waals surface area contributed by atoms with Crippen molar-refractivity contribution in [2.75, 3.05) is 20.1 Å². The van der Waals surface area contributed by atoms with Crippen molar-refractivity contribution in [3.05, 3.63) is 51.0 Å². The Morgan fingerprint density at radius 2 is 1.92 bits per heavy atom. The van der Waals surface area contributed by atoms with Crippen LogP contribution in [0.4, 0.5) is 0 Å². The Morgan fingerprint density at radius 1 is 1.21 bits per heavy atom. The summed E-state index contributed by atoms with van der Waals surface area (Å²) in [6.07, 6.45) is 0.949. The first-order valence-electron chi connectivity index (χ1n) is 8.47. The minimum atomic E-state index is 0.781. The van der Waals surface area contributed by atoms with Crippen molar-refractivity contribution in [3.63, 3.8) is 0 Å². The highest BCUT2D eigenvalue weighted by molar-refractivity contribution is 7.11. The number of rotatable bonds is 6. The molecule has 0 saturated heterocycles. The molecular formula is C19H28N4S. The van der Waals surface area contributed by atoms with Gasteiger partial charge in [-0.25, -0.2) is 4.98 Å². The predicted octanol–water partition coefficient (Wildman–Crippen LogP) is 3.71. The number of nitrogens with zero attached hydrogens (tertiary/aromatic N) is 3. The van der Waals surface area contributed by atoms with Gasteiger partial charge in [0.1, 0.15) is 0 Å². The lowest BCUT2D eigenvalue weighted by molar-refractivity contribution is 0.477. The summed E-state index contributed by atoms with van der Waals surface area (Å²) in [5.74, 6) is 0.956. The number of aryl methyl sites for hydroxylation is 3. The Labute approximate surface area is 149 Å². The molecular weight excluding hydrogens is 316 g/mol. The molecule has 0 radical (unpaired) electrons. The maximum Gasteiger partial charge on any atom is 0.193 e. The normalized spacial score (nSPS) is 11.6. The summed E-state index contributed by atoms with van der Waals surface area (Å²) in [5.41, 5.74) is 3.73. The van der Waals surface area contributed by atoms with Crippen molar-refractivity contribution in [2.45, 2.75) is 40.7 Å². The predicted molar refractivity (Wildman–Crippen MR) is 104 cm³/mol. The Bertz CT molecular complexity index is 673. The van der Waals surface area contributed by atoms with E-state index in [4.69, 9.17) is 4.99 Å². The summed E-state index contributed by atoms with van der Waals surface area (Å²) in [6, 6.07) is 8.67. The van der Waals surface area contributed by atoms with Crippen LogP contribution >= 0.6 is 11.3 Å². The molecule has 2 rings (SSSR count). The SMILES string of the molecule is CCNC(=NCCc1sc(C)nc1C)N(C)Cc1ccc(C)cc1. The third-order valence-electron chi connectivity index (χ3n) is 3.84. The first kappa shape index (κ1) is 18.5. The summed E-state index contributed by atoms with van der Waals surface area (Å²) < 4.78 is 0. The number of nitrogens with one attached hydrogen (secondary N) is 1. The number of hydrogen-bond acceptors (Lipinski definition) is 3. The van der Waals surface area contributed by atoms with E-state index in [2.05, 4.69) is 74.2 Å². The van der Waals surface area contributed by atoms with Crippen LogP contribution in [-0.2, 0) is 13.0 Å². The van der Waals surface area contributed by atoms with E-state index >= 15 is 0 Å². The van der Waals surface area contributed by atoms with Gasteiger partial charge in [0.15, 0.2) is 5.96 Å². The molecule has 0 aliphatic carbocycles. The van der Waals surface area contributed by atoms with Gasteiger partial charge in [0.25, 0.3) is 0 Å². The van der Waals surface area contributed by atoms with E-state index in [1.54, 1.807) is 11.3 Å². The summed E-state index contributed by atoms with van der Waals surface area (Å²) in [7, 11) is 2.09. The molecule has 0 fully saturated rings. The highest BCUT2D eigenvalue weighted by Gasteiger charge is 2.08. The van der Waals surface area contributed by atoms with Crippen molar-refractivity contribution >= 4 is 17.3 Å². The molecule has 0 saturated carbocycles. The molecule has 130 valence electrons. The average Bonchev–Trinajstić information content (AvgIpc) is 2.86. The van der Waals surface area contributed by atoms with Gasteiger partial charge in [-0.05, 0) is 33.3 Å². The molecule has 0 spiro atoms. The van der Waals surface area contributed by atoms with Crippen LogP contribution in [0.1, 0.15) is 33.6 Å². The quantitative estimate of drug-likeness (QED) is 0.641. The third-order valence-corrected chi connectivity index (χ3v) is 4.97. The van der Waals surface area contributed by atoms with Crippen molar-refractivity contribution in [1.82, 2.24) is 15.2 Å². The summed E-state index contributed by atoms with van der Waals surface area (Å²) >= 11 is 1.78. The Balaban J connectivity index is 1.98. The van der Waals surface area contributed by atoms with Gasteiger partial charge in [-0.2, -0.15) is 0 Å². The van der Waals surface area contributed by atoms with Gasteiger partial charge in [0.05, 0.1) is 10.7 Å². The molecule has 0 unspecified atom stereocenters. The van der Waals surface area contributed by atoms with Crippen molar-refractivity contribution < 1.29 is 0 Å². The smallest absolute Gasteiger partial charge is 0.193 e. The molecule has 2 aromatic rings. The lowest BCUT2D eigenvalue weighted by atomic mass is 10.1. The second kappa shape index (κ2) is 8.83. The number of thiazole rings is 1. The molecule has 0 atom stereocenters. The van der Waals surface area contributed by atoms with Crippen LogP contribution in [0, 0.1) is 20.8 Å². The largest absolute Gasteiger partial charge is 0.357 e. The van der Waals surface area contributed by atoms with E-state index in [9.17, 15) is 0 Å². The molecule has 0 bridgehead atoms. The minimum absolute atomic E-state index is 0.781. The lowest BCUT2D eigenvalue weighted by Gasteiger charge is -2.22. The second-order valence-electron chi connectivity index (χ2n) is 6.07. The van der Waals surface area contributed by atoms with E-state index in [1.165, 1.54) is 16.0 Å². The van der Waals surface area contributed by atoms with Gasteiger partial charge in [-0.15, -0.1) is 11.3 Å². The second-order valence-corrected chi connectivity index (χ2v) is 7.36. The van der Waals surface area contributed by atoms with Gasteiger partial charge in [0.2, 0.25) is 0 Å². The zero-order valence-corrected chi connectivity index (χ0v) is 16.2. The van der Waals surface area contributed by atoms with Crippen molar-refractivity contribution in [2.24, 2.45) is 4.99 Å². The first-order chi connectivity index (χ1) is 11.5. The van der Waals surface area contributed by atoms with Crippen LogP contribution in [0.25, 0.3) is 0 Å². The van der Waals surface area contributed by atoms with E-state index in [0.29, 0.717) is 0 Å². The van der Waals surface area contributed by atoms with E-state index < -0.39 is 0 Å². The van der Waals surface area contributed by atoms with Crippen LogP contribution in [0.2, 0.25) is 0 Å². The fraction of sp³-hybridized carbons (Fsp3) is 0.474. The zero-order chi connectivity index (χ0) is 17.5. The van der Waals surface area contributed by atoms with Gasteiger partial charge >= 0.3 is 0 Å². The standard InChI is InChI=1S/C19H28N4S/c1-6-20-19(21-12-11-18-15(3)22-16(4)24-18)23(5)13-17-9-7-14(2)8-10-17/h7-10H,6,11-13H2,1-5H3,(H,20,21). The molecule has 5 heteroatoms. The minimum Gasteiger partial charge on any atom is -0.357 e. The van der Waals surface area contributed by atoms with Crippen LogP contribution in [0.3, 0.4) is 0 Å². The highest BCUT2D eigenvalue weighted by Crippen LogP contribution is 2.17. The number of aromatic nitrogens is 1. The zero-order valence-electron chi connectivity index (χ0n) is 15.4. The van der Waals surface area contributed by atoms with E-state index in [-0.39, 0.29) is 0 Å². The fourth-order valence-corrected chi connectivity index (χ4v) is 3.51. The Kier molecular flexibility index (Phi) is 6.79. The molecule has 1 aromatic carbocycles. The Hall–Kier alpha value is -1.88.